The molecule has 0 fully saturated rings. The van der Waals surface area contributed by atoms with Crippen molar-refractivity contribution in [3.63, 3.8) is 0 Å². The van der Waals surface area contributed by atoms with Crippen LogP contribution in [-0.2, 0) is 9.59 Å². The monoisotopic (exact) mass is 339 g/mol. The van der Waals surface area contributed by atoms with E-state index in [2.05, 4.69) is 10.3 Å². The van der Waals surface area contributed by atoms with Crippen LogP contribution in [0.4, 0.5) is 11.5 Å². The van der Waals surface area contributed by atoms with E-state index in [9.17, 15) is 9.59 Å². The summed E-state index contributed by atoms with van der Waals surface area (Å²) in [4.78, 5) is 30.6. The predicted octanol–water partition coefficient (Wildman–Crippen LogP) is 2.92. The number of amides is 2. The van der Waals surface area contributed by atoms with Crippen LogP contribution in [0.15, 0.2) is 42.6 Å². The van der Waals surface area contributed by atoms with Gasteiger partial charge in [0.15, 0.2) is 6.10 Å². The van der Waals surface area contributed by atoms with Crippen LogP contribution in [0.2, 0.25) is 0 Å². The van der Waals surface area contributed by atoms with Gasteiger partial charge in [0, 0.05) is 19.2 Å². The molecule has 130 valence electrons. The Balaban J connectivity index is 1.67. The van der Waals surface area contributed by atoms with E-state index in [1.807, 2.05) is 44.2 Å². The quantitative estimate of drug-likeness (QED) is 0.909. The van der Waals surface area contributed by atoms with E-state index < -0.39 is 6.10 Å². The van der Waals surface area contributed by atoms with Crippen molar-refractivity contribution in [2.45, 2.75) is 32.8 Å². The maximum absolute atomic E-state index is 12.6. The highest BCUT2D eigenvalue weighted by Gasteiger charge is 2.33. The molecule has 0 aliphatic carbocycles. The second kappa shape index (κ2) is 7.34. The number of benzene rings is 1. The number of nitrogens with one attached hydrogen (secondary N) is 1. The molecule has 2 aromatic rings. The van der Waals surface area contributed by atoms with Crippen LogP contribution >= 0.6 is 0 Å². The van der Waals surface area contributed by atoms with E-state index in [1.165, 1.54) is 0 Å². The summed E-state index contributed by atoms with van der Waals surface area (Å²) < 4.78 is 5.74. The molecule has 1 atom stereocenters. The number of pyridine rings is 1. The molecule has 1 aromatic heterocycles. The predicted molar refractivity (Wildman–Crippen MR) is 95.7 cm³/mol. The smallest absolute Gasteiger partial charge is 0.268 e. The first-order valence-electron chi connectivity index (χ1n) is 8.38. The van der Waals surface area contributed by atoms with E-state index >= 15 is 0 Å². The fourth-order valence-electron chi connectivity index (χ4n) is 2.73. The minimum Gasteiger partial charge on any atom is -0.478 e. The number of para-hydroxylation sites is 2. The Hall–Kier alpha value is -2.89. The van der Waals surface area contributed by atoms with Gasteiger partial charge in [0.2, 0.25) is 5.91 Å². The largest absolute Gasteiger partial charge is 0.478 e. The van der Waals surface area contributed by atoms with Gasteiger partial charge in [0.05, 0.1) is 5.69 Å². The molecule has 2 amide bonds. The summed E-state index contributed by atoms with van der Waals surface area (Å²) >= 11 is 0. The number of fused-ring (bicyclic) bond motifs is 1. The topological polar surface area (TPSA) is 71.5 Å². The lowest BCUT2D eigenvalue weighted by Gasteiger charge is -2.33. The zero-order chi connectivity index (χ0) is 17.8. The van der Waals surface area contributed by atoms with Gasteiger partial charge in [-0.3, -0.25) is 9.59 Å². The number of anilines is 2. The Labute approximate surface area is 146 Å². The highest BCUT2D eigenvalue weighted by molar-refractivity contribution is 6.01. The maximum atomic E-state index is 12.6. The summed E-state index contributed by atoms with van der Waals surface area (Å²) in [5.41, 5.74) is 1.73. The molecule has 6 nitrogen and oxygen atoms in total. The van der Waals surface area contributed by atoms with Gasteiger partial charge in [-0.15, -0.1) is 0 Å². The van der Waals surface area contributed by atoms with Gasteiger partial charge in [0.1, 0.15) is 11.6 Å². The van der Waals surface area contributed by atoms with E-state index in [0.717, 1.165) is 5.56 Å². The van der Waals surface area contributed by atoms with Gasteiger partial charge in [0.25, 0.3) is 5.91 Å². The molecule has 0 saturated heterocycles. The Morgan fingerprint density at radius 3 is 2.80 bits per heavy atom. The van der Waals surface area contributed by atoms with Gasteiger partial charge in [-0.25, -0.2) is 4.98 Å². The van der Waals surface area contributed by atoms with Gasteiger partial charge in [-0.1, -0.05) is 25.1 Å². The number of carbonyl (C=O) groups excluding carboxylic acids is 2. The van der Waals surface area contributed by atoms with E-state index in [0.29, 0.717) is 30.2 Å². The normalized spacial score (nSPS) is 16.2. The molecule has 1 aliphatic rings. The SMILES string of the molecule is CCC1Oc2ccccc2N(CCC(=O)Nc2ccc(C)cn2)C1=O. The Bertz CT molecular complexity index is 774. The van der Waals surface area contributed by atoms with Crippen LogP contribution in [0.5, 0.6) is 5.75 Å². The van der Waals surface area contributed by atoms with Crippen molar-refractivity contribution in [3.05, 3.63) is 48.2 Å². The first-order valence-corrected chi connectivity index (χ1v) is 8.38. The molecule has 0 spiro atoms. The molecule has 25 heavy (non-hydrogen) atoms. The van der Waals surface area contributed by atoms with Crippen molar-refractivity contribution in [1.29, 1.82) is 0 Å². The van der Waals surface area contributed by atoms with Gasteiger partial charge in [-0.05, 0) is 37.1 Å². The van der Waals surface area contributed by atoms with Crippen molar-refractivity contribution in [2.75, 3.05) is 16.8 Å². The van der Waals surface area contributed by atoms with Crippen molar-refractivity contribution in [2.24, 2.45) is 0 Å². The standard InChI is InChI=1S/C19H21N3O3/c1-3-15-19(24)22(14-6-4-5-7-16(14)25-15)11-10-18(23)21-17-9-8-13(2)12-20-17/h4-9,12,15H,3,10-11H2,1-2H3,(H,20,21,23). The third-order valence-electron chi connectivity index (χ3n) is 4.08. The molecule has 6 heteroatoms. The Kier molecular flexibility index (Phi) is 4.97. The summed E-state index contributed by atoms with van der Waals surface area (Å²) in [6, 6.07) is 11.0. The summed E-state index contributed by atoms with van der Waals surface area (Å²) in [6.45, 7) is 4.14. The fraction of sp³-hybridized carbons (Fsp3) is 0.316. The third kappa shape index (κ3) is 3.79. The molecule has 1 unspecified atom stereocenters. The highest BCUT2D eigenvalue weighted by Crippen LogP contribution is 2.34. The third-order valence-corrected chi connectivity index (χ3v) is 4.08. The van der Waals surface area contributed by atoms with Crippen LogP contribution in [0.25, 0.3) is 0 Å². The number of carbonyl (C=O) groups is 2. The van der Waals surface area contributed by atoms with Crippen LogP contribution in [-0.4, -0.2) is 29.4 Å². The molecule has 1 aromatic carbocycles. The molecule has 0 radical (unpaired) electrons. The number of rotatable bonds is 5. The lowest BCUT2D eigenvalue weighted by Crippen LogP contribution is -2.46. The molecule has 0 saturated carbocycles. The van der Waals surface area contributed by atoms with Crippen molar-refractivity contribution in [3.8, 4) is 5.75 Å². The highest BCUT2D eigenvalue weighted by atomic mass is 16.5. The number of aryl methyl sites for hydroxylation is 1. The molecule has 1 N–H and O–H groups in total. The minimum atomic E-state index is -0.503. The Morgan fingerprint density at radius 1 is 1.28 bits per heavy atom. The second-order valence-electron chi connectivity index (χ2n) is 5.99. The van der Waals surface area contributed by atoms with Crippen LogP contribution in [0.1, 0.15) is 25.3 Å². The van der Waals surface area contributed by atoms with Crippen LogP contribution in [0.3, 0.4) is 0 Å². The molecule has 3 rings (SSSR count). The van der Waals surface area contributed by atoms with Gasteiger partial charge in [-0.2, -0.15) is 0 Å². The number of nitrogens with zero attached hydrogens (tertiary/aromatic N) is 2. The number of hydrogen-bond donors (Lipinski definition) is 1. The molecule has 1 aliphatic heterocycles. The average molecular weight is 339 g/mol. The average Bonchev–Trinajstić information content (AvgIpc) is 2.62. The zero-order valence-electron chi connectivity index (χ0n) is 14.4. The van der Waals surface area contributed by atoms with E-state index in [1.54, 1.807) is 17.2 Å². The molecule has 0 bridgehead atoms. The fourth-order valence-corrected chi connectivity index (χ4v) is 2.73. The molecule has 2 heterocycles. The van der Waals surface area contributed by atoms with Crippen molar-refractivity contribution in [1.82, 2.24) is 4.98 Å². The maximum Gasteiger partial charge on any atom is 0.268 e. The number of aromatic nitrogens is 1. The molecular formula is C19H21N3O3. The Morgan fingerprint density at radius 2 is 2.08 bits per heavy atom. The summed E-state index contributed by atoms with van der Waals surface area (Å²) in [5, 5.41) is 2.75. The number of hydrogen-bond acceptors (Lipinski definition) is 4. The van der Waals surface area contributed by atoms with E-state index in [4.69, 9.17) is 4.74 Å². The summed E-state index contributed by atoms with van der Waals surface area (Å²) in [7, 11) is 0. The number of ether oxygens (including phenoxy) is 1. The lowest BCUT2D eigenvalue weighted by atomic mass is 10.1. The van der Waals surface area contributed by atoms with Crippen molar-refractivity contribution < 1.29 is 14.3 Å². The first kappa shape index (κ1) is 17.0. The van der Waals surface area contributed by atoms with Gasteiger partial charge >= 0.3 is 0 Å². The van der Waals surface area contributed by atoms with Gasteiger partial charge < -0.3 is 15.0 Å². The zero-order valence-corrected chi connectivity index (χ0v) is 14.4. The first-order chi connectivity index (χ1) is 12.1. The lowest BCUT2D eigenvalue weighted by molar-refractivity contribution is -0.126. The second-order valence-corrected chi connectivity index (χ2v) is 5.99. The van der Waals surface area contributed by atoms with Crippen molar-refractivity contribution >= 4 is 23.3 Å². The molecular weight excluding hydrogens is 318 g/mol. The van der Waals surface area contributed by atoms with E-state index in [-0.39, 0.29) is 18.2 Å². The summed E-state index contributed by atoms with van der Waals surface area (Å²) in [6.07, 6.45) is 1.97. The van der Waals surface area contributed by atoms with Crippen LogP contribution in [0, 0.1) is 6.92 Å². The summed E-state index contributed by atoms with van der Waals surface area (Å²) in [5.74, 6) is 0.897. The minimum absolute atomic E-state index is 0.109. The van der Waals surface area contributed by atoms with Crippen LogP contribution < -0.4 is 15.0 Å².